The van der Waals surface area contributed by atoms with E-state index in [1.54, 1.807) is 0 Å². The first-order valence-corrected chi connectivity index (χ1v) is 29.2. The van der Waals surface area contributed by atoms with Crippen LogP contribution in [-0.4, -0.2) is 37.2 Å². The molecule has 1 atom stereocenters. The molecule has 6 heteroatoms. The highest BCUT2D eigenvalue weighted by molar-refractivity contribution is 5.71. The van der Waals surface area contributed by atoms with Gasteiger partial charge in [-0.1, -0.05) is 277 Å². The van der Waals surface area contributed by atoms with E-state index in [2.05, 4.69) is 32.9 Å². The van der Waals surface area contributed by atoms with E-state index in [0.29, 0.717) is 19.3 Å². The number of esters is 3. The van der Waals surface area contributed by atoms with Crippen molar-refractivity contribution in [3.05, 3.63) is 12.2 Å². The van der Waals surface area contributed by atoms with Crippen LogP contribution in [0.4, 0.5) is 0 Å². The Labute approximate surface area is 405 Å². The van der Waals surface area contributed by atoms with Crippen LogP contribution in [0.5, 0.6) is 0 Å². The quantitative estimate of drug-likeness (QED) is 0.0262. The van der Waals surface area contributed by atoms with Gasteiger partial charge in [-0.15, -0.1) is 0 Å². The van der Waals surface area contributed by atoms with Gasteiger partial charge >= 0.3 is 17.9 Å². The van der Waals surface area contributed by atoms with Gasteiger partial charge in [0, 0.05) is 19.3 Å². The lowest BCUT2D eigenvalue weighted by Crippen LogP contribution is -2.30. The highest BCUT2D eigenvalue weighted by Crippen LogP contribution is 2.17. The number of unbranched alkanes of at least 4 members (excludes halogenated alkanes) is 41. The van der Waals surface area contributed by atoms with E-state index in [4.69, 9.17) is 14.2 Å². The summed E-state index contributed by atoms with van der Waals surface area (Å²) in [7, 11) is 0. The van der Waals surface area contributed by atoms with Crippen molar-refractivity contribution in [3.63, 3.8) is 0 Å². The number of carbonyl (C=O) groups excluding carboxylic acids is 3. The lowest BCUT2D eigenvalue weighted by molar-refractivity contribution is -0.167. The van der Waals surface area contributed by atoms with Gasteiger partial charge in [0.15, 0.2) is 6.10 Å². The second-order valence-electron chi connectivity index (χ2n) is 19.9. The van der Waals surface area contributed by atoms with Gasteiger partial charge in [0.05, 0.1) is 0 Å². The maximum atomic E-state index is 12.8. The van der Waals surface area contributed by atoms with Gasteiger partial charge in [-0.25, -0.2) is 0 Å². The Bertz CT molecular complexity index is 1010. The third-order valence-electron chi connectivity index (χ3n) is 13.3. The summed E-state index contributed by atoms with van der Waals surface area (Å²) >= 11 is 0. The topological polar surface area (TPSA) is 78.9 Å². The first kappa shape index (κ1) is 63.1. The van der Waals surface area contributed by atoms with Crippen LogP contribution in [0.15, 0.2) is 12.2 Å². The normalized spacial score (nSPS) is 12.0. The van der Waals surface area contributed by atoms with Gasteiger partial charge < -0.3 is 14.2 Å². The van der Waals surface area contributed by atoms with Gasteiger partial charge in [0.25, 0.3) is 0 Å². The zero-order chi connectivity index (χ0) is 47.2. The number of ether oxygens (including phenoxy) is 3. The van der Waals surface area contributed by atoms with Gasteiger partial charge in [0.2, 0.25) is 0 Å². The fourth-order valence-electron chi connectivity index (χ4n) is 8.85. The smallest absolute Gasteiger partial charge is 0.306 e. The first-order valence-electron chi connectivity index (χ1n) is 29.2. The Morgan fingerprint density at radius 1 is 0.292 bits per heavy atom. The van der Waals surface area contributed by atoms with Crippen molar-refractivity contribution in [1.29, 1.82) is 0 Å². The molecule has 0 spiro atoms. The molecule has 0 aliphatic rings. The van der Waals surface area contributed by atoms with E-state index in [0.717, 1.165) is 57.8 Å². The summed E-state index contributed by atoms with van der Waals surface area (Å²) in [5.41, 5.74) is 0. The minimum absolute atomic E-state index is 0.0654. The SMILES string of the molecule is CCCCCC/C=C\CCCCCCCCCC(=O)OC[C@H](COC(=O)CCCCCCCCCCCCCCCCCCCCCCC)OC(=O)CCCCCCCCCCCCC. The Morgan fingerprint density at radius 2 is 0.508 bits per heavy atom. The fourth-order valence-corrected chi connectivity index (χ4v) is 8.85. The van der Waals surface area contributed by atoms with E-state index in [9.17, 15) is 14.4 Å². The molecule has 0 fully saturated rings. The van der Waals surface area contributed by atoms with Crippen LogP contribution in [0.1, 0.15) is 329 Å². The molecule has 0 radical (unpaired) electrons. The minimum Gasteiger partial charge on any atom is -0.462 e. The average Bonchev–Trinajstić information content (AvgIpc) is 3.30. The van der Waals surface area contributed by atoms with Crippen molar-refractivity contribution < 1.29 is 28.6 Å². The van der Waals surface area contributed by atoms with Crippen LogP contribution < -0.4 is 0 Å². The molecule has 0 amide bonds. The molecule has 0 unspecified atom stereocenters. The number of carbonyl (C=O) groups is 3. The molecule has 384 valence electrons. The predicted molar refractivity (Wildman–Crippen MR) is 280 cm³/mol. The Hall–Kier alpha value is -1.85. The lowest BCUT2D eigenvalue weighted by Gasteiger charge is -2.18. The van der Waals surface area contributed by atoms with Crippen LogP contribution in [0.25, 0.3) is 0 Å². The van der Waals surface area contributed by atoms with Gasteiger partial charge in [-0.05, 0) is 44.9 Å². The summed E-state index contributed by atoms with van der Waals surface area (Å²) in [5, 5.41) is 0. The Kier molecular flexibility index (Phi) is 53.2. The zero-order valence-electron chi connectivity index (χ0n) is 44.0. The van der Waals surface area contributed by atoms with Crippen molar-refractivity contribution in [2.24, 2.45) is 0 Å². The molecular formula is C59H112O6. The van der Waals surface area contributed by atoms with Crippen LogP contribution in [0, 0.1) is 0 Å². The predicted octanol–water partition coefficient (Wildman–Crippen LogP) is 19.3. The lowest BCUT2D eigenvalue weighted by atomic mass is 10.0. The first-order chi connectivity index (χ1) is 32.0. The van der Waals surface area contributed by atoms with Gasteiger partial charge in [-0.2, -0.15) is 0 Å². The fraction of sp³-hybridized carbons (Fsp3) is 0.915. The highest BCUT2D eigenvalue weighted by atomic mass is 16.6. The summed E-state index contributed by atoms with van der Waals surface area (Å²) in [6, 6.07) is 0. The molecule has 0 aromatic carbocycles. The van der Waals surface area contributed by atoms with Crippen LogP contribution in [0.2, 0.25) is 0 Å². The van der Waals surface area contributed by atoms with Gasteiger partial charge in [-0.3, -0.25) is 14.4 Å². The molecule has 0 heterocycles. The van der Waals surface area contributed by atoms with E-state index in [1.807, 2.05) is 0 Å². The maximum Gasteiger partial charge on any atom is 0.306 e. The molecule has 0 bridgehead atoms. The Morgan fingerprint density at radius 3 is 0.785 bits per heavy atom. The molecule has 0 aromatic rings. The van der Waals surface area contributed by atoms with Gasteiger partial charge in [0.1, 0.15) is 13.2 Å². The third-order valence-corrected chi connectivity index (χ3v) is 13.3. The molecule has 0 aliphatic heterocycles. The molecule has 0 aromatic heterocycles. The van der Waals surface area contributed by atoms with Crippen LogP contribution in [0.3, 0.4) is 0 Å². The summed E-state index contributed by atoms with van der Waals surface area (Å²) < 4.78 is 16.9. The zero-order valence-corrected chi connectivity index (χ0v) is 44.0. The van der Waals surface area contributed by atoms with E-state index < -0.39 is 6.10 Å². The molecule has 6 nitrogen and oxygen atoms in total. The van der Waals surface area contributed by atoms with Crippen LogP contribution in [-0.2, 0) is 28.6 Å². The average molecular weight is 918 g/mol. The molecular weight excluding hydrogens is 805 g/mol. The summed E-state index contributed by atoms with van der Waals surface area (Å²) in [5.74, 6) is -0.848. The van der Waals surface area contributed by atoms with Crippen molar-refractivity contribution in [3.8, 4) is 0 Å². The molecule has 0 saturated carbocycles. The number of hydrogen-bond donors (Lipinski definition) is 0. The molecule has 0 aliphatic carbocycles. The third kappa shape index (κ3) is 53.0. The molecule has 0 N–H and O–H groups in total. The largest absolute Gasteiger partial charge is 0.462 e. The summed E-state index contributed by atoms with van der Waals surface area (Å²) in [6.07, 6.45) is 62.1. The maximum absolute atomic E-state index is 12.8. The van der Waals surface area contributed by atoms with E-state index in [1.165, 1.54) is 231 Å². The number of rotatable bonds is 54. The number of allylic oxidation sites excluding steroid dienone is 2. The van der Waals surface area contributed by atoms with Crippen molar-refractivity contribution in [2.75, 3.05) is 13.2 Å². The van der Waals surface area contributed by atoms with Crippen molar-refractivity contribution in [1.82, 2.24) is 0 Å². The number of hydrogen-bond acceptors (Lipinski definition) is 6. The summed E-state index contributed by atoms with van der Waals surface area (Å²) in [6.45, 7) is 6.67. The van der Waals surface area contributed by atoms with Crippen molar-refractivity contribution in [2.45, 2.75) is 335 Å². The molecule has 0 saturated heterocycles. The molecule has 0 rings (SSSR count). The monoisotopic (exact) mass is 917 g/mol. The minimum atomic E-state index is -0.765. The summed E-state index contributed by atoms with van der Waals surface area (Å²) in [4.78, 5) is 38.1. The van der Waals surface area contributed by atoms with E-state index in [-0.39, 0.29) is 31.1 Å². The second-order valence-corrected chi connectivity index (χ2v) is 19.9. The highest BCUT2D eigenvalue weighted by Gasteiger charge is 2.19. The Balaban J connectivity index is 4.22. The van der Waals surface area contributed by atoms with Crippen molar-refractivity contribution >= 4 is 17.9 Å². The molecule has 65 heavy (non-hydrogen) atoms. The standard InChI is InChI=1S/C59H112O6/c1-4-7-10-13-16-19-22-24-26-27-28-29-30-31-33-35-38-40-43-46-49-52-58(61)64-55-56(65-59(62)53-50-47-44-41-36-21-18-15-12-9-6-3)54-63-57(60)51-48-45-42-39-37-34-32-25-23-20-17-14-11-8-5-2/h20,23,56H,4-19,21-22,24-55H2,1-3H3/b23-20-/t56-/m1/s1. The van der Waals surface area contributed by atoms with E-state index >= 15 is 0 Å². The van der Waals surface area contributed by atoms with Crippen LogP contribution >= 0.6 is 0 Å². The second kappa shape index (κ2) is 54.8.